The van der Waals surface area contributed by atoms with Gasteiger partial charge in [0, 0.05) is 5.69 Å². The monoisotopic (exact) mass is 251 g/mol. The van der Waals surface area contributed by atoms with Crippen LogP contribution in [0.4, 0.5) is 14.9 Å². The summed E-state index contributed by atoms with van der Waals surface area (Å²) in [5.41, 5.74) is 0.604. The fraction of sp³-hybridized carbons (Fsp3) is 0.500. The Labute approximate surface area is 106 Å². The van der Waals surface area contributed by atoms with E-state index in [9.17, 15) is 9.18 Å². The molecule has 0 unspecified atom stereocenters. The summed E-state index contributed by atoms with van der Waals surface area (Å²) in [4.78, 5) is 11.5. The Bertz CT molecular complexity index is 461. The number of benzene rings is 1. The van der Waals surface area contributed by atoms with Gasteiger partial charge in [-0.3, -0.25) is 5.32 Å². The van der Waals surface area contributed by atoms with E-state index in [2.05, 4.69) is 5.32 Å². The summed E-state index contributed by atoms with van der Waals surface area (Å²) < 4.78 is 18.8. The van der Waals surface area contributed by atoms with E-state index in [4.69, 9.17) is 4.74 Å². The van der Waals surface area contributed by atoms with Crippen molar-refractivity contribution in [2.75, 3.05) is 5.32 Å². The number of nitrogens with one attached hydrogen (secondary N) is 1. The molecule has 0 heterocycles. The van der Waals surface area contributed by atoms with E-state index < -0.39 is 11.7 Å². The van der Waals surface area contributed by atoms with Gasteiger partial charge >= 0.3 is 6.09 Å². The Morgan fingerprint density at radius 1 is 1.39 bits per heavy atom. The first-order chi connectivity index (χ1) is 8.35. The van der Waals surface area contributed by atoms with Crippen LogP contribution >= 0.6 is 0 Å². The average molecular weight is 251 g/mol. The lowest BCUT2D eigenvalue weighted by Gasteiger charge is -2.19. The maximum atomic E-state index is 13.7. The Morgan fingerprint density at radius 2 is 2.06 bits per heavy atom. The minimum Gasteiger partial charge on any atom is -0.444 e. The third-order valence-electron chi connectivity index (χ3n) is 2.66. The zero-order chi connectivity index (χ0) is 13.3. The molecule has 0 radical (unpaired) electrons. The van der Waals surface area contributed by atoms with Crippen LogP contribution in [-0.4, -0.2) is 11.7 Å². The van der Waals surface area contributed by atoms with Crippen molar-refractivity contribution >= 4 is 11.8 Å². The molecule has 1 aliphatic rings. The van der Waals surface area contributed by atoms with Gasteiger partial charge in [0.25, 0.3) is 0 Å². The SMILES string of the molecule is CC(C)(C)OC(=O)Nc1ccc(C2CC2)c(F)c1. The number of ether oxygens (including phenoxy) is 1. The predicted molar refractivity (Wildman–Crippen MR) is 68.2 cm³/mol. The second kappa shape index (κ2) is 4.59. The number of carbonyl (C=O) groups excluding carboxylic acids is 1. The normalized spacial score (nSPS) is 15.3. The fourth-order valence-electron chi connectivity index (χ4n) is 1.75. The van der Waals surface area contributed by atoms with Crippen molar-refractivity contribution < 1.29 is 13.9 Å². The van der Waals surface area contributed by atoms with Gasteiger partial charge in [-0.1, -0.05) is 6.07 Å². The van der Waals surface area contributed by atoms with E-state index in [1.807, 2.05) is 0 Å². The summed E-state index contributed by atoms with van der Waals surface area (Å²) >= 11 is 0. The quantitative estimate of drug-likeness (QED) is 0.861. The fourth-order valence-corrected chi connectivity index (χ4v) is 1.75. The topological polar surface area (TPSA) is 38.3 Å². The van der Waals surface area contributed by atoms with Gasteiger partial charge in [-0.15, -0.1) is 0 Å². The predicted octanol–water partition coefficient (Wildman–Crippen LogP) is 4.05. The second-order valence-electron chi connectivity index (χ2n) is 5.64. The van der Waals surface area contributed by atoms with Crippen LogP contribution < -0.4 is 5.32 Å². The summed E-state index contributed by atoms with van der Waals surface area (Å²) in [5.74, 6) is 0.103. The molecule has 1 aromatic rings. The number of anilines is 1. The molecule has 0 aliphatic heterocycles. The molecule has 1 saturated carbocycles. The maximum absolute atomic E-state index is 13.7. The second-order valence-corrected chi connectivity index (χ2v) is 5.64. The molecule has 1 fully saturated rings. The van der Waals surface area contributed by atoms with Crippen LogP contribution in [-0.2, 0) is 4.74 Å². The zero-order valence-corrected chi connectivity index (χ0v) is 10.9. The van der Waals surface area contributed by atoms with E-state index in [-0.39, 0.29) is 5.82 Å². The molecular formula is C14H18FNO2. The first-order valence-electron chi connectivity index (χ1n) is 6.14. The van der Waals surface area contributed by atoms with Gasteiger partial charge in [-0.05, 0) is 57.2 Å². The number of rotatable bonds is 2. The van der Waals surface area contributed by atoms with Gasteiger partial charge in [-0.25, -0.2) is 9.18 Å². The molecule has 1 amide bonds. The highest BCUT2D eigenvalue weighted by Gasteiger charge is 2.26. The number of carbonyl (C=O) groups is 1. The molecule has 18 heavy (non-hydrogen) atoms. The molecule has 3 nitrogen and oxygen atoms in total. The minimum absolute atomic E-state index is 0.258. The molecule has 1 aliphatic carbocycles. The van der Waals surface area contributed by atoms with Gasteiger partial charge < -0.3 is 4.74 Å². The summed E-state index contributed by atoms with van der Waals surface area (Å²) in [6.07, 6.45) is 1.53. The molecule has 0 saturated heterocycles. The molecule has 1 aromatic carbocycles. The van der Waals surface area contributed by atoms with Gasteiger partial charge in [0.05, 0.1) is 0 Å². The number of hydrogen-bond donors (Lipinski definition) is 1. The summed E-state index contributed by atoms with van der Waals surface area (Å²) in [5, 5.41) is 2.52. The van der Waals surface area contributed by atoms with Gasteiger partial charge in [0.15, 0.2) is 0 Å². The first kappa shape index (κ1) is 12.9. The number of amides is 1. The third kappa shape index (κ3) is 3.45. The summed E-state index contributed by atoms with van der Waals surface area (Å²) in [6, 6.07) is 4.79. The Balaban J connectivity index is 2.01. The molecule has 0 bridgehead atoms. The molecule has 4 heteroatoms. The Hall–Kier alpha value is -1.58. The van der Waals surface area contributed by atoms with Crippen molar-refractivity contribution in [2.45, 2.75) is 45.1 Å². The van der Waals surface area contributed by atoms with Crippen LogP contribution in [0.15, 0.2) is 18.2 Å². The first-order valence-corrected chi connectivity index (χ1v) is 6.14. The van der Waals surface area contributed by atoms with Gasteiger partial charge in [-0.2, -0.15) is 0 Å². The number of hydrogen-bond acceptors (Lipinski definition) is 2. The molecule has 0 spiro atoms. The lowest BCUT2D eigenvalue weighted by atomic mass is 10.1. The van der Waals surface area contributed by atoms with Crippen LogP contribution in [0.1, 0.15) is 45.1 Å². The Morgan fingerprint density at radius 3 is 2.56 bits per heavy atom. The molecule has 0 aromatic heterocycles. The lowest BCUT2D eigenvalue weighted by molar-refractivity contribution is 0.0636. The molecule has 1 N–H and O–H groups in total. The van der Waals surface area contributed by atoms with Crippen molar-refractivity contribution in [3.8, 4) is 0 Å². The van der Waals surface area contributed by atoms with Crippen LogP contribution in [0.25, 0.3) is 0 Å². The molecular weight excluding hydrogens is 233 g/mol. The lowest BCUT2D eigenvalue weighted by Crippen LogP contribution is -2.27. The molecule has 0 atom stereocenters. The van der Waals surface area contributed by atoms with Crippen molar-refractivity contribution in [3.63, 3.8) is 0 Å². The van der Waals surface area contributed by atoms with Crippen molar-refractivity contribution in [1.29, 1.82) is 0 Å². The highest BCUT2D eigenvalue weighted by molar-refractivity contribution is 5.84. The van der Waals surface area contributed by atoms with Crippen LogP contribution in [0.3, 0.4) is 0 Å². The third-order valence-corrected chi connectivity index (χ3v) is 2.66. The van der Waals surface area contributed by atoms with E-state index >= 15 is 0 Å². The number of halogens is 1. The van der Waals surface area contributed by atoms with Crippen molar-refractivity contribution in [2.24, 2.45) is 0 Å². The minimum atomic E-state index is -0.568. The maximum Gasteiger partial charge on any atom is 0.412 e. The van der Waals surface area contributed by atoms with E-state index in [0.29, 0.717) is 11.6 Å². The highest BCUT2D eigenvalue weighted by Crippen LogP contribution is 2.41. The van der Waals surface area contributed by atoms with Gasteiger partial charge in [0.1, 0.15) is 11.4 Å². The summed E-state index contributed by atoms with van der Waals surface area (Å²) in [6.45, 7) is 5.34. The van der Waals surface area contributed by atoms with Crippen LogP contribution in [0, 0.1) is 5.82 Å². The van der Waals surface area contributed by atoms with Gasteiger partial charge in [0.2, 0.25) is 0 Å². The van der Waals surface area contributed by atoms with Crippen molar-refractivity contribution in [1.82, 2.24) is 0 Å². The van der Waals surface area contributed by atoms with E-state index in [1.165, 1.54) is 6.07 Å². The van der Waals surface area contributed by atoms with E-state index in [1.54, 1.807) is 32.9 Å². The molecule has 98 valence electrons. The highest BCUT2D eigenvalue weighted by atomic mass is 19.1. The Kier molecular flexibility index (Phi) is 3.28. The van der Waals surface area contributed by atoms with Crippen molar-refractivity contribution in [3.05, 3.63) is 29.6 Å². The van der Waals surface area contributed by atoms with E-state index in [0.717, 1.165) is 18.4 Å². The largest absolute Gasteiger partial charge is 0.444 e. The summed E-state index contributed by atoms with van der Waals surface area (Å²) in [7, 11) is 0. The van der Waals surface area contributed by atoms with Crippen LogP contribution in [0.2, 0.25) is 0 Å². The molecule has 2 rings (SSSR count). The zero-order valence-electron chi connectivity index (χ0n) is 10.9. The van der Waals surface area contributed by atoms with Crippen LogP contribution in [0.5, 0.6) is 0 Å². The smallest absolute Gasteiger partial charge is 0.412 e. The average Bonchev–Trinajstić information content (AvgIpc) is 2.97. The standard InChI is InChI=1S/C14H18FNO2/c1-14(2,3)18-13(17)16-10-6-7-11(9-4-5-9)12(15)8-10/h6-9H,4-5H2,1-3H3,(H,16,17).